The van der Waals surface area contributed by atoms with E-state index in [9.17, 15) is 18.0 Å². The van der Waals surface area contributed by atoms with Crippen LogP contribution in [-0.2, 0) is 10.9 Å². The maximum atomic E-state index is 12.0. The standard InChI is InChI=1S/C8H8F3NO3/c1-2-14-7(13)12-6-4-3-5(15-6)8(9,10)11/h3-4H,2H2,1H3,(H,12,13). The molecule has 0 fully saturated rings. The largest absolute Gasteiger partial charge is 0.450 e. The van der Waals surface area contributed by atoms with Crippen LogP contribution in [-0.4, -0.2) is 12.7 Å². The Morgan fingerprint density at radius 1 is 1.53 bits per heavy atom. The van der Waals surface area contributed by atoms with Crippen LogP contribution in [0.3, 0.4) is 0 Å². The van der Waals surface area contributed by atoms with E-state index < -0.39 is 18.0 Å². The van der Waals surface area contributed by atoms with Crippen molar-refractivity contribution in [2.45, 2.75) is 13.1 Å². The fourth-order valence-electron chi connectivity index (χ4n) is 0.825. The van der Waals surface area contributed by atoms with Crippen LogP contribution in [0.4, 0.5) is 23.8 Å². The summed E-state index contributed by atoms with van der Waals surface area (Å²) in [6, 6.07) is 1.72. The first kappa shape index (κ1) is 11.4. The molecule has 1 rings (SSSR count). The van der Waals surface area contributed by atoms with E-state index in [0.29, 0.717) is 0 Å². The molecule has 15 heavy (non-hydrogen) atoms. The minimum Gasteiger partial charge on any atom is -0.450 e. The number of amides is 1. The van der Waals surface area contributed by atoms with Gasteiger partial charge in [-0.05, 0) is 13.0 Å². The number of halogens is 3. The van der Waals surface area contributed by atoms with Crippen LogP contribution in [0, 0.1) is 0 Å². The molecule has 1 amide bonds. The van der Waals surface area contributed by atoms with E-state index in [2.05, 4.69) is 9.15 Å². The maximum absolute atomic E-state index is 12.0. The Morgan fingerprint density at radius 3 is 2.67 bits per heavy atom. The molecule has 0 aliphatic heterocycles. The second kappa shape index (κ2) is 4.24. The first-order valence-corrected chi connectivity index (χ1v) is 4.04. The minimum absolute atomic E-state index is 0.124. The summed E-state index contributed by atoms with van der Waals surface area (Å²) in [6.07, 6.45) is -5.42. The molecule has 4 nitrogen and oxygen atoms in total. The van der Waals surface area contributed by atoms with Gasteiger partial charge in [-0.1, -0.05) is 0 Å². The fourth-order valence-corrected chi connectivity index (χ4v) is 0.825. The summed E-state index contributed by atoms with van der Waals surface area (Å²) in [6.45, 7) is 1.70. The molecule has 0 spiro atoms. The topological polar surface area (TPSA) is 51.5 Å². The number of ether oxygens (including phenoxy) is 1. The first-order valence-electron chi connectivity index (χ1n) is 4.04. The highest BCUT2D eigenvalue weighted by molar-refractivity contribution is 5.82. The molecule has 0 saturated carbocycles. The third-order valence-corrected chi connectivity index (χ3v) is 1.39. The Morgan fingerprint density at radius 2 is 2.20 bits per heavy atom. The van der Waals surface area contributed by atoms with Crippen molar-refractivity contribution in [3.63, 3.8) is 0 Å². The number of alkyl halides is 3. The zero-order chi connectivity index (χ0) is 11.5. The van der Waals surface area contributed by atoms with Gasteiger partial charge in [0.05, 0.1) is 6.61 Å². The van der Waals surface area contributed by atoms with Gasteiger partial charge in [0.15, 0.2) is 0 Å². The van der Waals surface area contributed by atoms with Gasteiger partial charge in [0.25, 0.3) is 0 Å². The van der Waals surface area contributed by atoms with Crippen LogP contribution >= 0.6 is 0 Å². The van der Waals surface area contributed by atoms with Crippen molar-refractivity contribution in [1.82, 2.24) is 0 Å². The molecule has 0 aromatic carbocycles. The van der Waals surface area contributed by atoms with Crippen LogP contribution < -0.4 is 5.32 Å². The molecule has 0 aliphatic carbocycles. The molecule has 0 saturated heterocycles. The Bertz CT molecular complexity index is 345. The predicted octanol–water partition coefficient (Wildman–Crippen LogP) is 2.87. The molecule has 0 aliphatic rings. The summed E-state index contributed by atoms with van der Waals surface area (Å²) in [5.41, 5.74) is 0. The molecular weight excluding hydrogens is 215 g/mol. The molecule has 0 unspecified atom stereocenters. The number of furan rings is 1. The van der Waals surface area contributed by atoms with Gasteiger partial charge in [-0.15, -0.1) is 0 Å². The second-order valence-corrected chi connectivity index (χ2v) is 2.51. The summed E-state index contributed by atoms with van der Waals surface area (Å²) >= 11 is 0. The van der Waals surface area contributed by atoms with Crippen molar-refractivity contribution in [2.75, 3.05) is 11.9 Å². The van der Waals surface area contributed by atoms with E-state index in [4.69, 9.17) is 0 Å². The van der Waals surface area contributed by atoms with Crippen molar-refractivity contribution >= 4 is 12.0 Å². The molecule has 1 aromatic heterocycles. The van der Waals surface area contributed by atoms with Gasteiger partial charge < -0.3 is 9.15 Å². The summed E-state index contributed by atoms with van der Waals surface area (Å²) in [4.78, 5) is 10.8. The van der Waals surface area contributed by atoms with Gasteiger partial charge >= 0.3 is 12.3 Å². The summed E-state index contributed by atoms with van der Waals surface area (Å²) in [7, 11) is 0. The van der Waals surface area contributed by atoms with E-state index in [-0.39, 0.29) is 12.5 Å². The van der Waals surface area contributed by atoms with E-state index in [1.807, 2.05) is 5.32 Å². The van der Waals surface area contributed by atoms with Crippen LogP contribution in [0.25, 0.3) is 0 Å². The lowest BCUT2D eigenvalue weighted by atomic mass is 10.4. The average Bonchev–Trinajstić information content (AvgIpc) is 2.52. The molecule has 1 aromatic rings. The third-order valence-electron chi connectivity index (χ3n) is 1.39. The number of nitrogens with one attached hydrogen (secondary N) is 1. The van der Waals surface area contributed by atoms with Crippen molar-refractivity contribution in [1.29, 1.82) is 0 Å². The number of rotatable bonds is 2. The van der Waals surface area contributed by atoms with E-state index in [1.54, 1.807) is 6.92 Å². The van der Waals surface area contributed by atoms with Crippen LogP contribution in [0.15, 0.2) is 16.5 Å². The Labute approximate surface area is 83.0 Å². The van der Waals surface area contributed by atoms with Crippen molar-refractivity contribution in [3.8, 4) is 0 Å². The lowest BCUT2D eigenvalue weighted by molar-refractivity contribution is -0.152. The predicted molar refractivity (Wildman–Crippen MR) is 44.4 cm³/mol. The molecule has 0 bridgehead atoms. The number of carbonyl (C=O) groups is 1. The van der Waals surface area contributed by atoms with Crippen molar-refractivity contribution in [2.24, 2.45) is 0 Å². The monoisotopic (exact) mass is 223 g/mol. The second-order valence-electron chi connectivity index (χ2n) is 2.51. The van der Waals surface area contributed by atoms with Gasteiger partial charge in [-0.25, -0.2) is 4.79 Å². The summed E-state index contributed by atoms with van der Waals surface area (Å²) < 4.78 is 44.9. The Kier molecular flexibility index (Phi) is 3.23. The fraction of sp³-hybridized carbons (Fsp3) is 0.375. The average molecular weight is 223 g/mol. The van der Waals surface area contributed by atoms with E-state index >= 15 is 0 Å². The van der Waals surface area contributed by atoms with Gasteiger partial charge in [0, 0.05) is 6.07 Å². The zero-order valence-corrected chi connectivity index (χ0v) is 7.72. The Balaban J connectivity index is 2.65. The maximum Gasteiger partial charge on any atom is 0.449 e. The quantitative estimate of drug-likeness (QED) is 0.838. The zero-order valence-electron chi connectivity index (χ0n) is 7.72. The highest BCUT2D eigenvalue weighted by atomic mass is 19.4. The molecular formula is C8H8F3NO3. The Hall–Kier alpha value is -1.66. The SMILES string of the molecule is CCOC(=O)Nc1ccc(C(F)(F)F)o1. The van der Waals surface area contributed by atoms with Crippen molar-refractivity contribution in [3.05, 3.63) is 17.9 Å². The molecule has 0 radical (unpaired) electrons. The van der Waals surface area contributed by atoms with Gasteiger partial charge in [-0.3, -0.25) is 5.32 Å². The number of anilines is 1. The minimum atomic E-state index is -4.56. The highest BCUT2D eigenvalue weighted by Gasteiger charge is 2.34. The van der Waals surface area contributed by atoms with E-state index in [0.717, 1.165) is 12.1 Å². The van der Waals surface area contributed by atoms with Gasteiger partial charge in [0.2, 0.25) is 11.6 Å². The number of hydrogen-bond donors (Lipinski definition) is 1. The molecule has 1 heterocycles. The van der Waals surface area contributed by atoms with E-state index in [1.165, 1.54) is 0 Å². The van der Waals surface area contributed by atoms with Gasteiger partial charge in [-0.2, -0.15) is 13.2 Å². The number of hydrogen-bond acceptors (Lipinski definition) is 3. The number of carbonyl (C=O) groups excluding carboxylic acids is 1. The van der Waals surface area contributed by atoms with Gasteiger partial charge in [0.1, 0.15) is 0 Å². The molecule has 84 valence electrons. The third kappa shape index (κ3) is 3.19. The van der Waals surface area contributed by atoms with Crippen molar-refractivity contribution < 1.29 is 27.1 Å². The van der Waals surface area contributed by atoms with Crippen LogP contribution in [0.2, 0.25) is 0 Å². The smallest absolute Gasteiger partial charge is 0.449 e. The molecule has 1 N–H and O–H groups in total. The van der Waals surface area contributed by atoms with Crippen LogP contribution in [0.5, 0.6) is 0 Å². The summed E-state index contributed by atoms with van der Waals surface area (Å²) in [5, 5.41) is 2.01. The lowest BCUT2D eigenvalue weighted by Crippen LogP contribution is -2.12. The lowest BCUT2D eigenvalue weighted by Gasteiger charge is -2.02. The van der Waals surface area contributed by atoms with Crippen LogP contribution in [0.1, 0.15) is 12.7 Å². The highest BCUT2D eigenvalue weighted by Crippen LogP contribution is 2.31. The molecule has 7 heteroatoms. The molecule has 0 atom stereocenters. The first-order chi connectivity index (χ1) is 6.93. The normalized spacial score (nSPS) is 11.2. The summed E-state index contributed by atoms with van der Waals surface area (Å²) in [5.74, 6) is -1.48.